The van der Waals surface area contributed by atoms with E-state index in [0.717, 1.165) is 6.07 Å². The maximum Gasteiger partial charge on any atom is 0.416 e. The standard InChI is InChI=1S/C10H10F3N3O3/c11-10(12,13)5-1-2-6(7(17)3-5)9(19)8(18)4-15-16-14/h1-3,8-9,17-19H,4H2. The van der Waals surface area contributed by atoms with Crippen molar-refractivity contribution in [3.8, 4) is 5.75 Å². The smallest absolute Gasteiger partial charge is 0.416 e. The molecule has 1 rings (SSSR count). The number of hydrogen-bond acceptors (Lipinski definition) is 4. The molecule has 19 heavy (non-hydrogen) atoms. The summed E-state index contributed by atoms with van der Waals surface area (Å²) in [5.74, 6) is -0.803. The number of aromatic hydroxyl groups is 1. The van der Waals surface area contributed by atoms with Gasteiger partial charge in [0.05, 0.1) is 18.2 Å². The lowest BCUT2D eigenvalue weighted by Gasteiger charge is -2.18. The lowest BCUT2D eigenvalue weighted by atomic mass is 10.0. The van der Waals surface area contributed by atoms with Crippen molar-refractivity contribution >= 4 is 0 Å². The number of azide groups is 1. The zero-order valence-electron chi connectivity index (χ0n) is 9.41. The fraction of sp³-hybridized carbons (Fsp3) is 0.400. The van der Waals surface area contributed by atoms with E-state index in [2.05, 4.69) is 10.0 Å². The summed E-state index contributed by atoms with van der Waals surface area (Å²) in [5.41, 5.74) is 6.68. The third kappa shape index (κ3) is 3.75. The van der Waals surface area contributed by atoms with E-state index in [1.807, 2.05) is 0 Å². The monoisotopic (exact) mass is 277 g/mol. The molecule has 2 unspecified atom stereocenters. The fourth-order valence-corrected chi connectivity index (χ4v) is 1.40. The third-order valence-electron chi connectivity index (χ3n) is 2.37. The van der Waals surface area contributed by atoms with Gasteiger partial charge < -0.3 is 15.3 Å². The Balaban J connectivity index is 2.99. The predicted octanol–water partition coefficient (Wildman–Crippen LogP) is 2.12. The quantitative estimate of drug-likeness (QED) is 0.445. The molecule has 0 bridgehead atoms. The first kappa shape index (κ1) is 15.1. The molecular weight excluding hydrogens is 267 g/mol. The number of alkyl halides is 3. The molecule has 0 spiro atoms. The van der Waals surface area contributed by atoms with Crippen molar-refractivity contribution in [3.63, 3.8) is 0 Å². The lowest BCUT2D eigenvalue weighted by molar-refractivity contribution is -0.137. The molecule has 0 fully saturated rings. The molecular formula is C10H10F3N3O3. The number of aliphatic hydroxyl groups is 2. The minimum atomic E-state index is -4.62. The Morgan fingerprint density at radius 2 is 1.95 bits per heavy atom. The number of rotatable bonds is 4. The minimum absolute atomic E-state index is 0.284. The van der Waals surface area contributed by atoms with Crippen molar-refractivity contribution < 1.29 is 28.5 Å². The van der Waals surface area contributed by atoms with Crippen LogP contribution in [0.3, 0.4) is 0 Å². The number of phenolic OH excluding ortho intramolecular Hbond substituents is 1. The van der Waals surface area contributed by atoms with E-state index >= 15 is 0 Å². The van der Waals surface area contributed by atoms with Gasteiger partial charge in [-0.05, 0) is 17.7 Å². The number of hydrogen-bond donors (Lipinski definition) is 3. The van der Waals surface area contributed by atoms with Gasteiger partial charge in [-0.25, -0.2) is 0 Å². The van der Waals surface area contributed by atoms with Gasteiger partial charge in [-0.2, -0.15) is 13.2 Å². The molecule has 0 aliphatic carbocycles. The summed E-state index contributed by atoms with van der Waals surface area (Å²) in [5, 5.41) is 31.5. The summed E-state index contributed by atoms with van der Waals surface area (Å²) >= 11 is 0. The second-order valence-corrected chi connectivity index (χ2v) is 3.70. The molecule has 0 heterocycles. The summed E-state index contributed by atoms with van der Waals surface area (Å²) in [7, 11) is 0. The van der Waals surface area contributed by atoms with Crippen molar-refractivity contribution in [1.29, 1.82) is 0 Å². The van der Waals surface area contributed by atoms with E-state index in [1.165, 1.54) is 0 Å². The average molecular weight is 277 g/mol. The van der Waals surface area contributed by atoms with Crippen LogP contribution in [0.5, 0.6) is 5.75 Å². The maximum absolute atomic E-state index is 12.3. The van der Waals surface area contributed by atoms with Gasteiger partial charge in [0.1, 0.15) is 11.9 Å². The van der Waals surface area contributed by atoms with Gasteiger partial charge in [-0.15, -0.1) is 0 Å². The van der Waals surface area contributed by atoms with E-state index in [9.17, 15) is 28.5 Å². The highest BCUT2D eigenvalue weighted by molar-refractivity contribution is 5.39. The zero-order chi connectivity index (χ0) is 14.6. The van der Waals surface area contributed by atoms with Crippen LogP contribution in [0.15, 0.2) is 23.3 Å². The number of aliphatic hydroxyl groups excluding tert-OH is 2. The van der Waals surface area contributed by atoms with Crippen molar-refractivity contribution in [2.24, 2.45) is 5.11 Å². The largest absolute Gasteiger partial charge is 0.508 e. The van der Waals surface area contributed by atoms with Gasteiger partial charge in [-0.3, -0.25) is 0 Å². The van der Waals surface area contributed by atoms with Crippen LogP contribution >= 0.6 is 0 Å². The molecule has 0 saturated heterocycles. The topological polar surface area (TPSA) is 109 Å². The van der Waals surface area contributed by atoms with Crippen LogP contribution in [0.2, 0.25) is 0 Å². The summed E-state index contributed by atoms with van der Waals surface area (Å²) < 4.78 is 37.0. The molecule has 0 amide bonds. The zero-order valence-corrected chi connectivity index (χ0v) is 9.41. The van der Waals surface area contributed by atoms with Gasteiger partial charge >= 0.3 is 6.18 Å². The second kappa shape index (κ2) is 5.79. The van der Waals surface area contributed by atoms with Crippen molar-refractivity contribution in [3.05, 3.63) is 39.8 Å². The Hall–Kier alpha value is -1.96. The van der Waals surface area contributed by atoms with Gasteiger partial charge in [0.25, 0.3) is 0 Å². The van der Waals surface area contributed by atoms with Crippen molar-refractivity contribution in [2.45, 2.75) is 18.4 Å². The van der Waals surface area contributed by atoms with Crippen LogP contribution < -0.4 is 0 Å². The van der Waals surface area contributed by atoms with Gasteiger partial charge in [0, 0.05) is 10.5 Å². The second-order valence-electron chi connectivity index (χ2n) is 3.70. The Morgan fingerprint density at radius 3 is 2.42 bits per heavy atom. The molecule has 104 valence electrons. The molecule has 0 saturated carbocycles. The molecule has 9 heteroatoms. The summed E-state index contributed by atoms with van der Waals surface area (Å²) in [6, 6.07) is 1.96. The van der Waals surface area contributed by atoms with E-state index in [-0.39, 0.29) is 5.56 Å². The maximum atomic E-state index is 12.3. The summed E-state index contributed by atoms with van der Waals surface area (Å²) in [6.45, 7) is -0.474. The van der Waals surface area contributed by atoms with Crippen molar-refractivity contribution in [2.75, 3.05) is 6.54 Å². The molecule has 2 atom stereocenters. The van der Waals surface area contributed by atoms with Crippen LogP contribution in [-0.2, 0) is 6.18 Å². The molecule has 0 aromatic heterocycles. The highest BCUT2D eigenvalue weighted by Gasteiger charge is 2.32. The minimum Gasteiger partial charge on any atom is -0.508 e. The van der Waals surface area contributed by atoms with Crippen molar-refractivity contribution in [1.82, 2.24) is 0 Å². The van der Waals surface area contributed by atoms with Crippen LogP contribution in [0.4, 0.5) is 13.2 Å². The average Bonchev–Trinajstić information content (AvgIpc) is 2.33. The van der Waals surface area contributed by atoms with Crippen LogP contribution in [0, 0.1) is 0 Å². The Labute approximate surface area is 105 Å². The van der Waals surface area contributed by atoms with E-state index in [0.29, 0.717) is 12.1 Å². The Morgan fingerprint density at radius 1 is 1.32 bits per heavy atom. The molecule has 3 N–H and O–H groups in total. The molecule has 0 aliphatic heterocycles. The van der Waals surface area contributed by atoms with Crippen LogP contribution in [0.25, 0.3) is 10.4 Å². The van der Waals surface area contributed by atoms with E-state index in [4.69, 9.17) is 5.53 Å². The highest BCUT2D eigenvalue weighted by atomic mass is 19.4. The highest BCUT2D eigenvalue weighted by Crippen LogP contribution is 2.35. The number of halogens is 3. The number of benzene rings is 1. The van der Waals surface area contributed by atoms with Crippen LogP contribution in [-0.4, -0.2) is 28.0 Å². The summed E-state index contributed by atoms with van der Waals surface area (Å²) in [6.07, 6.45) is -7.81. The van der Waals surface area contributed by atoms with Gasteiger partial charge in [0.2, 0.25) is 0 Å². The Kier molecular flexibility index (Phi) is 4.60. The van der Waals surface area contributed by atoms with Gasteiger partial charge in [0.15, 0.2) is 0 Å². The molecule has 1 aromatic carbocycles. The van der Waals surface area contributed by atoms with Crippen LogP contribution in [0.1, 0.15) is 17.2 Å². The molecule has 0 radical (unpaired) electrons. The van der Waals surface area contributed by atoms with E-state index < -0.39 is 36.2 Å². The van der Waals surface area contributed by atoms with Gasteiger partial charge in [-0.1, -0.05) is 11.2 Å². The normalized spacial score (nSPS) is 14.6. The van der Waals surface area contributed by atoms with E-state index in [1.54, 1.807) is 0 Å². The predicted molar refractivity (Wildman–Crippen MR) is 58.1 cm³/mol. The first-order chi connectivity index (χ1) is 8.77. The first-order valence-corrected chi connectivity index (χ1v) is 5.04. The number of phenols is 1. The first-order valence-electron chi connectivity index (χ1n) is 5.04. The SMILES string of the molecule is [N-]=[N+]=NCC(O)C(O)c1ccc(C(F)(F)F)cc1O. The Bertz CT molecular complexity index is 501. The number of nitrogens with zero attached hydrogens (tertiary/aromatic N) is 3. The molecule has 6 nitrogen and oxygen atoms in total. The molecule has 0 aliphatic rings. The lowest BCUT2D eigenvalue weighted by Crippen LogP contribution is -2.21. The summed E-state index contributed by atoms with van der Waals surface area (Å²) in [4.78, 5) is 2.36. The fourth-order valence-electron chi connectivity index (χ4n) is 1.40. The third-order valence-corrected chi connectivity index (χ3v) is 2.37. The molecule has 1 aromatic rings.